The molecule has 0 aliphatic heterocycles. The van der Waals surface area contributed by atoms with Crippen molar-refractivity contribution in [3.8, 4) is 0 Å². The maximum atomic E-state index is 14.0. The van der Waals surface area contributed by atoms with E-state index in [-0.39, 0.29) is 17.7 Å². The van der Waals surface area contributed by atoms with Crippen molar-refractivity contribution >= 4 is 15.9 Å². The van der Waals surface area contributed by atoms with Crippen molar-refractivity contribution in [2.75, 3.05) is 7.05 Å². The zero-order valence-electron chi connectivity index (χ0n) is 11.4. The molecule has 2 aromatic rings. The van der Waals surface area contributed by atoms with Crippen LogP contribution in [0.5, 0.6) is 0 Å². The highest BCUT2D eigenvalue weighted by Gasteiger charge is 2.16. The number of hydrogen-bond acceptors (Lipinski definition) is 1. The standard InChI is InChI=1S/C16H16BrF2N/c1-10-3-5-13(15(19)7-10)16(20-2)9-11-8-12(17)4-6-14(11)18/h3-8,16,20H,9H2,1-2H3. The van der Waals surface area contributed by atoms with Crippen LogP contribution in [-0.2, 0) is 6.42 Å². The Labute approximate surface area is 126 Å². The number of benzene rings is 2. The number of nitrogens with one attached hydrogen (secondary N) is 1. The van der Waals surface area contributed by atoms with Gasteiger partial charge in [-0.1, -0.05) is 28.1 Å². The van der Waals surface area contributed by atoms with Crippen molar-refractivity contribution in [3.05, 3.63) is 69.2 Å². The Morgan fingerprint density at radius 1 is 1.10 bits per heavy atom. The van der Waals surface area contributed by atoms with Gasteiger partial charge in [-0.25, -0.2) is 8.78 Å². The molecule has 1 N–H and O–H groups in total. The Morgan fingerprint density at radius 3 is 2.50 bits per heavy atom. The minimum atomic E-state index is -0.277. The van der Waals surface area contributed by atoms with Gasteiger partial charge in [-0.15, -0.1) is 0 Å². The van der Waals surface area contributed by atoms with E-state index < -0.39 is 0 Å². The predicted molar refractivity (Wildman–Crippen MR) is 80.7 cm³/mol. The summed E-state index contributed by atoms with van der Waals surface area (Å²) in [6.45, 7) is 1.84. The molecule has 0 aliphatic rings. The van der Waals surface area contributed by atoms with E-state index in [4.69, 9.17) is 0 Å². The quantitative estimate of drug-likeness (QED) is 0.862. The highest BCUT2D eigenvalue weighted by atomic mass is 79.9. The van der Waals surface area contributed by atoms with Crippen LogP contribution < -0.4 is 5.32 Å². The third-order valence-corrected chi connectivity index (χ3v) is 3.80. The van der Waals surface area contributed by atoms with Crippen LogP contribution in [0.2, 0.25) is 0 Å². The molecule has 4 heteroatoms. The van der Waals surface area contributed by atoms with Gasteiger partial charge in [0.25, 0.3) is 0 Å². The predicted octanol–water partition coefficient (Wildman–Crippen LogP) is 4.54. The van der Waals surface area contributed by atoms with Gasteiger partial charge in [0, 0.05) is 16.1 Å². The first-order chi connectivity index (χ1) is 9.51. The lowest BCUT2D eigenvalue weighted by molar-refractivity contribution is 0.519. The summed E-state index contributed by atoms with van der Waals surface area (Å²) in [4.78, 5) is 0. The van der Waals surface area contributed by atoms with Gasteiger partial charge >= 0.3 is 0 Å². The van der Waals surface area contributed by atoms with Crippen LogP contribution in [0.15, 0.2) is 40.9 Å². The maximum absolute atomic E-state index is 14.0. The largest absolute Gasteiger partial charge is 0.313 e. The summed E-state index contributed by atoms with van der Waals surface area (Å²) in [6, 6.07) is 9.64. The first kappa shape index (κ1) is 15.1. The smallest absolute Gasteiger partial charge is 0.128 e. The first-order valence-corrected chi connectivity index (χ1v) is 7.18. The number of rotatable bonds is 4. The SMILES string of the molecule is CNC(Cc1cc(Br)ccc1F)c1ccc(C)cc1F. The average molecular weight is 340 g/mol. The van der Waals surface area contributed by atoms with Gasteiger partial charge in [-0.3, -0.25) is 0 Å². The van der Waals surface area contributed by atoms with E-state index in [1.165, 1.54) is 12.1 Å². The fraction of sp³-hybridized carbons (Fsp3) is 0.250. The molecule has 0 radical (unpaired) electrons. The van der Waals surface area contributed by atoms with Crippen LogP contribution in [-0.4, -0.2) is 7.05 Å². The highest BCUT2D eigenvalue weighted by molar-refractivity contribution is 9.10. The van der Waals surface area contributed by atoms with Gasteiger partial charge in [0.15, 0.2) is 0 Å². The van der Waals surface area contributed by atoms with E-state index in [1.54, 1.807) is 25.2 Å². The average Bonchev–Trinajstić information content (AvgIpc) is 2.40. The molecule has 2 aromatic carbocycles. The summed E-state index contributed by atoms with van der Waals surface area (Å²) in [5.74, 6) is -0.541. The molecular formula is C16H16BrF2N. The lowest BCUT2D eigenvalue weighted by atomic mass is 9.97. The summed E-state index contributed by atoms with van der Waals surface area (Å²) >= 11 is 3.33. The number of hydrogen-bond donors (Lipinski definition) is 1. The molecule has 0 amide bonds. The lowest BCUT2D eigenvalue weighted by Gasteiger charge is -2.18. The minimum absolute atomic E-state index is 0.264. The molecule has 0 fully saturated rings. The Morgan fingerprint density at radius 2 is 1.85 bits per heavy atom. The molecule has 0 heterocycles. The van der Waals surface area contributed by atoms with E-state index in [9.17, 15) is 8.78 Å². The third kappa shape index (κ3) is 3.44. The lowest BCUT2D eigenvalue weighted by Crippen LogP contribution is -2.20. The molecule has 0 saturated heterocycles. The van der Waals surface area contributed by atoms with Crippen LogP contribution in [0.3, 0.4) is 0 Å². The second-order valence-electron chi connectivity index (χ2n) is 4.81. The molecule has 1 atom stereocenters. The molecule has 0 aliphatic carbocycles. The fourth-order valence-corrected chi connectivity index (χ4v) is 2.61. The first-order valence-electron chi connectivity index (χ1n) is 6.38. The van der Waals surface area contributed by atoms with Gasteiger partial charge in [0.1, 0.15) is 11.6 Å². The summed E-state index contributed by atoms with van der Waals surface area (Å²) < 4.78 is 28.6. The molecule has 0 aromatic heterocycles. The number of halogens is 3. The van der Waals surface area contributed by atoms with Crippen LogP contribution in [0.1, 0.15) is 22.7 Å². The van der Waals surface area contributed by atoms with E-state index in [1.807, 2.05) is 13.0 Å². The Balaban J connectivity index is 2.31. The van der Waals surface area contributed by atoms with Crippen molar-refractivity contribution < 1.29 is 8.78 Å². The van der Waals surface area contributed by atoms with E-state index in [0.717, 1.165) is 10.0 Å². The van der Waals surface area contributed by atoms with Crippen molar-refractivity contribution in [2.45, 2.75) is 19.4 Å². The molecule has 1 nitrogen and oxygen atoms in total. The van der Waals surface area contributed by atoms with Gasteiger partial charge in [0.2, 0.25) is 0 Å². The molecule has 0 spiro atoms. The van der Waals surface area contributed by atoms with E-state index in [0.29, 0.717) is 17.5 Å². The van der Waals surface area contributed by atoms with Gasteiger partial charge < -0.3 is 5.32 Å². The zero-order chi connectivity index (χ0) is 14.7. The van der Waals surface area contributed by atoms with Crippen molar-refractivity contribution in [1.82, 2.24) is 5.32 Å². The minimum Gasteiger partial charge on any atom is -0.313 e. The molecule has 106 valence electrons. The summed E-state index contributed by atoms with van der Waals surface area (Å²) in [6.07, 6.45) is 0.391. The van der Waals surface area contributed by atoms with Crippen LogP contribution >= 0.6 is 15.9 Å². The molecule has 1 unspecified atom stereocenters. The Bertz CT molecular complexity index is 613. The van der Waals surface area contributed by atoms with Crippen molar-refractivity contribution in [1.29, 1.82) is 0 Å². The molecule has 20 heavy (non-hydrogen) atoms. The summed E-state index contributed by atoms with van der Waals surface area (Å²) in [7, 11) is 1.75. The van der Waals surface area contributed by atoms with Gasteiger partial charge in [0.05, 0.1) is 0 Å². The number of aryl methyl sites for hydroxylation is 1. The van der Waals surface area contributed by atoms with Crippen molar-refractivity contribution in [2.24, 2.45) is 0 Å². The normalized spacial score (nSPS) is 12.4. The van der Waals surface area contributed by atoms with Crippen molar-refractivity contribution in [3.63, 3.8) is 0 Å². The summed E-state index contributed by atoms with van der Waals surface area (Å²) in [5, 5.41) is 3.05. The monoisotopic (exact) mass is 339 g/mol. The van der Waals surface area contributed by atoms with Gasteiger partial charge in [-0.2, -0.15) is 0 Å². The fourth-order valence-electron chi connectivity index (χ4n) is 2.20. The van der Waals surface area contributed by atoms with Crippen LogP contribution in [0.4, 0.5) is 8.78 Å². The third-order valence-electron chi connectivity index (χ3n) is 3.31. The Kier molecular flexibility index (Phi) is 4.89. The van der Waals surface area contributed by atoms with Gasteiger partial charge in [-0.05, 0) is 55.8 Å². The number of likely N-dealkylation sites (N-methyl/N-ethyl adjacent to an activating group) is 1. The molecular weight excluding hydrogens is 324 g/mol. The van der Waals surface area contributed by atoms with E-state index in [2.05, 4.69) is 21.2 Å². The van der Waals surface area contributed by atoms with E-state index >= 15 is 0 Å². The van der Waals surface area contributed by atoms with Crippen LogP contribution in [0, 0.1) is 18.6 Å². The van der Waals surface area contributed by atoms with Crippen LogP contribution in [0.25, 0.3) is 0 Å². The molecule has 2 rings (SSSR count). The Hall–Kier alpha value is -1.26. The second-order valence-corrected chi connectivity index (χ2v) is 5.72. The molecule has 0 saturated carbocycles. The summed E-state index contributed by atoms with van der Waals surface area (Å²) in [5.41, 5.74) is 1.98. The second kappa shape index (κ2) is 6.46. The zero-order valence-corrected chi connectivity index (χ0v) is 13.0. The maximum Gasteiger partial charge on any atom is 0.128 e. The topological polar surface area (TPSA) is 12.0 Å². The highest BCUT2D eigenvalue weighted by Crippen LogP contribution is 2.25. The molecule has 0 bridgehead atoms.